The summed E-state index contributed by atoms with van der Waals surface area (Å²) in [5.41, 5.74) is 0. The lowest BCUT2D eigenvalue weighted by molar-refractivity contribution is 0.753. The van der Waals surface area contributed by atoms with Crippen molar-refractivity contribution in [3.63, 3.8) is 0 Å². The normalized spacial score (nSPS) is 30.2. The minimum absolute atomic E-state index is 0.737. The van der Waals surface area contributed by atoms with E-state index in [4.69, 9.17) is 0 Å². The average Bonchev–Trinajstić information content (AvgIpc) is 2.76. The number of nitrogens with one attached hydrogen (secondary N) is 1. The van der Waals surface area contributed by atoms with Crippen LogP contribution in [0.15, 0.2) is 4.99 Å². The summed E-state index contributed by atoms with van der Waals surface area (Å²) in [4.78, 5) is 4.57. The third-order valence-corrected chi connectivity index (χ3v) is 6.75. The Labute approximate surface area is 111 Å². The van der Waals surface area contributed by atoms with Crippen molar-refractivity contribution in [2.45, 2.75) is 30.3 Å². The second-order valence-corrected chi connectivity index (χ2v) is 7.97. The molecule has 0 spiro atoms. The summed E-state index contributed by atoms with van der Waals surface area (Å²) >= 11 is 6.14. The van der Waals surface area contributed by atoms with E-state index in [1.807, 2.05) is 11.8 Å². The molecule has 2 rings (SSSR count). The van der Waals surface area contributed by atoms with Gasteiger partial charge in [-0.15, -0.1) is 0 Å². The summed E-state index contributed by atoms with van der Waals surface area (Å²) < 4.78 is 0. The van der Waals surface area contributed by atoms with Crippen LogP contribution in [0.1, 0.15) is 19.8 Å². The van der Waals surface area contributed by atoms with Crippen molar-refractivity contribution in [1.82, 2.24) is 5.32 Å². The largest absolute Gasteiger partial charge is 0.364 e. The monoisotopic (exact) mass is 276 g/mol. The fourth-order valence-corrected chi connectivity index (χ4v) is 5.59. The Hall–Kier alpha value is 0.520. The molecule has 2 unspecified atom stereocenters. The van der Waals surface area contributed by atoms with Crippen LogP contribution < -0.4 is 5.32 Å². The van der Waals surface area contributed by atoms with Gasteiger partial charge < -0.3 is 5.32 Å². The molecule has 1 fully saturated rings. The fraction of sp³-hybridized carbons (Fsp3) is 0.909. The van der Waals surface area contributed by atoms with Gasteiger partial charge in [-0.05, 0) is 6.42 Å². The van der Waals surface area contributed by atoms with Crippen LogP contribution in [0.25, 0.3) is 0 Å². The van der Waals surface area contributed by atoms with Gasteiger partial charge in [0, 0.05) is 34.3 Å². The van der Waals surface area contributed by atoms with Crippen LogP contribution in [-0.2, 0) is 0 Å². The maximum atomic E-state index is 4.57. The standard InChI is InChI=1S/C11H20N2S3/c1-2-3-9-6-12-11(16-9)13-7-10-8-14-4-5-15-10/h9-10H,2-8H2,1H3,(H,12,13). The van der Waals surface area contributed by atoms with Crippen molar-refractivity contribution in [1.29, 1.82) is 0 Å². The van der Waals surface area contributed by atoms with Crippen LogP contribution in [0.3, 0.4) is 0 Å². The van der Waals surface area contributed by atoms with E-state index < -0.39 is 0 Å². The quantitative estimate of drug-likeness (QED) is 0.853. The van der Waals surface area contributed by atoms with Crippen LogP contribution in [0.2, 0.25) is 0 Å². The minimum Gasteiger partial charge on any atom is -0.364 e. The molecule has 92 valence electrons. The van der Waals surface area contributed by atoms with Gasteiger partial charge in [-0.2, -0.15) is 23.5 Å². The summed E-state index contributed by atoms with van der Waals surface area (Å²) in [7, 11) is 0. The minimum atomic E-state index is 0.737. The van der Waals surface area contributed by atoms with Crippen LogP contribution >= 0.6 is 35.3 Å². The topological polar surface area (TPSA) is 24.4 Å². The van der Waals surface area contributed by atoms with Crippen LogP contribution in [0.4, 0.5) is 0 Å². The van der Waals surface area contributed by atoms with Gasteiger partial charge in [0.2, 0.25) is 0 Å². The molecule has 2 atom stereocenters. The highest BCUT2D eigenvalue weighted by Crippen LogP contribution is 2.26. The molecule has 0 amide bonds. The summed E-state index contributed by atoms with van der Waals surface area (Å²) in [6, 6.07) is 0. The molecule has 0 aromatic rings. The molecule has 2 aliphatic rings. The molecule has 2 nitrogen and oxygen atoms in total. The van der Waals surface area contributed by atoms with E-state index in [9.17, 15) is 0 Å². The molecule has 0 radical (unpaired) electrons. The van der Waals surface area contributed by atoms with Crippen LogP contribution in [0.5, 0.6) is 0 Å². The lowest BCUT2D eigenvalue weighted by Gasteiger charge is -2.21. The maximum Gasteiger partial charge on any atom is 0.156 e. The highest BCUT2D eigenvalue weighted by atomic mass is 32.2. The average molecular weight is 276 g/mol. The number of rotatable bonds is 4. The first kappa shape index (κ1) is 13.0. The molecule has 1 N–H and O–H groups in total. The summed E-state index contributed by atoms with van der Waals surface area (Å²) in [6.45, 7) is 4.37. The molecule has 0 saturated carbocycles. The Bertz CT molecular complexity index is 239. The number of nitrogens with zero attached hydrogens (tertiary/aromatic N) is 1. The molecule has 0 aliphatic carbocycles. The van der Waals surface area contributed by atoms with E-state index in [2.05, 4.69) is 40.8 Å². The zero-order valence-electron chi connectivity index (χ0n) is 9.78. The predicted octanol–water partition coefficient (Wildman–Crippen LogP) is 2.70. The molecule has 0 aromatic carbocycles. The van der Waals surface area contributed by atoms with Gasteiger partial charge in [0.1, 0.15) is 0 Å². The van der Waals surface area contributed by atoms with Crippen molar-refractivity contribution in [3.8, 4) is 0 Å². The van der Waals surface area contributed by atoms with E-state index in [0.717, 1.165) is 23.6 Å². The second-order valence-electron chi connectivity index (χ2n) is 4.12. The molecule has 16 heavy (non-hydrogen) atoms. The van der Waals surface area contributed by atoms with E-state index in [1.54, 1.807) is 0 Å². The Balaban J connectivity index is 1.63. The highest BCUT2D eigenvalue weighted by molar-refractivity contribution is 8.14. The van der Waals surface area contributed by atoms with E-state index >= 15 is 0 Å². The van der Waals surface area contributed by atoms with Crippen molar-refractivity contribution < 1.29 is 0 Å². The Kier molecular flexibility index (Phi) is 5.72. The number of aliphatic imine (C=N–C) groups is 1. The van der Waals surface area contributed by atoms with Gasteiger partial charge in [0.05, 0.1) is 6.54 Å². The zero-order valence-corrected chi connectivity index (χ0v) is 12.2. The first-order valence-electron chi connectivity index (χ1n) is 6.03. The van der Waals surface area contributed by atoms with Gasteiger partial charge in [-0.25, -0.2) is 0 Å². The van der Waals surface area contributed by atoms with Gasteiger partial charge in [0.25, 0.3) is 0 Å². The number of hydrogen-bond acceptors (Lipinski definition) is 5. The Morgan fingerprint density at radius 1 is 1.38 bits per heavy atom. The highest BCUT2D eigenvalue weighted by Gasteiger charge is 2.20. The van der Waals surface area contributed by atoms with Gasteiger partial charge in [-0.3, -0.25) is 4.99 Å². The van der Waals surface area contributed by atoms with Crippen molar-refractivity contribution in [3.05, 3.63) is 0 Å². The van der Waals surface area contributed by atoms with E-state index in [1.165, 1.54) is 35.3 Å². The lowest BCUT2D eigenvalue weighted by Crippen LogP contribution is -2.31. The van der Waals surface area contributed by atoms with Gasteiger partial charge in [-0.1, -0.05) is 25.1 Å². The second kappa shape index (κ2) is 7.07. The van der Waals surface area contributed by atoms with Crippen molar-refractivity contribution in [2.75, 3.05) is 30.3 Å². The van der Waals surface area contributed by atoms with Crippen LogP contribution in [0, 0.1) is 0 Å². The molecular formula is C11H20N2S3. The molecule has 2 heterocycles. The predicted molar refractivity (Wildman–Crippen MR) is 80.2 cm³/mol. The lowest BCUT2D eigenvalue weighted by atomic mass is 10.2. The zero-order chi connectivity index (χ0) is 11.2. The molecular weight excluding hydrogens is 256 g/mol. The molecule has 0 aromatic heterocycles. The fourth-order valence-electron chi connectivity index (χ4n) is 1.84. The summed E-state index contributed by atoms with van der Waals surface area (Å²) in [6.07, 6.45) is 2.57. The maximum absolute atomic E-state index is 4.57. The molecule has 0 bridgehead atoms. The SMILES string of the molecule is CCCC1CN=C(NCC2CSCCS2)S1. The van der Waals surface area contributed by atoms with Gasteiger partial charge >= 0.3 is 0 Å². The van der Waals surface area contributed by atoms with Gasteiger partial charge in [0.15, 0.2) is 5.17 Å². The first-order valence-corrected chi connectivity index (χ1v) is 9.11. The summed E-state index contributed by atoms with van der Waals surface area (Å²) in [5.74, 6) is 3.94. The number of thioether (sulfide) groups is 3. The van der Waals surface area contributed by atoms with E-state index in [0.29, 0.717) is 0 Å². The number of hydrogen-bond donors (Lipinski definition) is 1. The van der Waals surface area contributed by atoms with Crippen molar-refractivity contribution in [2.24, 2.45) is 4.99 Å². The Morgan fingerprint density at radius 2 is 2.31 bits per heavy atom. The Morgan fingerprint density at radius 3 is 3.06 bits per heavy atom. The third-order valence-electron chi connectivity index (χ3n) is 2.69. The third kappa shape index (κ3) is 4.08. The first-order chi connectivity index (χ1) is 7.88. The van der Waals surface area contributed by atoms with E-state index in [-0.39, 0.29) is 0 Å². The smallest absolute Gasteiger partial charge is 0.156 e. The molecule has 2 aliphatic heterocycles. The summed E-state index contributed by atoms with van der Waals surface area (Å²) in [5, 5.41) is 6.23. The van der Waals surface area contributed by atoms with Crippen LogP contribution in [-0.4, -0.2) is 46.0 Å². The van der Waals surface area contributed by atoms with Crippen molar-refractivity contribution >= 4 is 40.5 Å². The number of amidine groups is 1. The molecule has 1 saturated heterocycles. The molecule has 5 heteroatoms.